The van der Waals surface area contributed by atoms with Gasteiger partial charge in [0.2, 0.25) is 0 Å². The molecule has 5 nitrogen and oxygen atoms in total. The highest BCUT2D eigenvalue weighted by Gasteiger charge is 2.34. The minimum absolute atomic E-state index is 0.00157. The van der Waals surface area contributed by atoms with Crippen molar-refractivity contribution in [2.45, 2.75) is 29.8 Å². The Morgan fingerprint density at radius 3 is 2.54 bits per heavy atom. The first-order chi connectivity index (χ1) is 13.6. The third-order valence-corrected chi connectivity index (χ3v) is 6.28. The molecule has 0 radical (unpaired) electrons. The van der Waals surface area contributed by atoms with Crippen molar-refractivity contribution >= 4 is 29.3 Å². The summed E-state index contributed by atoms with van der Waals surface area (Å²) in [5.41, 5.74) is 2.11. The van der Waals surface area contributed by atoms with Crippen LogP contribution in [0.2, 0.25) is 0 Å². The van der Waals surface area contributed by atoms with Gasteiger partial charge in [0.25, 0.3) is 11.8 Å². The average molecular weight is 397 g/mol. The van der Waals surface area contributed by atoms with Gasteiger partial charge in [0.15, 0.2) is 13.1 Å². The number of fused-ring (bicyclic) bond motifs is 1. The number of carbonyl (C=O) groups is 2. The lowest BCUT2D eigenvalue weighted by Crippen LogP contribution is -3.11. The van der Waals surface area contributed by atoms with Gasteiger partial charge in [-0.25, -0.2) is 0 Å². The molecule has 2 atom stereocenters. The second-order valence-corrected chi connectivity index (χ2v) is 8.68. The van der Waals surface area contributed by atoms with Crippen LogP contribution < -0.4 is 15.1 Å². The van der Waals surface area contributed by atoms with Crippen molar-refractivity contribution in [2.75, 3.05) is 30.8 Å². The molecule has 0 spiro atoms. The normalized spacial score (nSPS) is 19.6. The maximum Gasteiger partial charge on any atom is 0.282 e. The zero-order valence-corrected chi connectivity index (χ0v) is 16.9. The standard InChI is InChI=1S/C22H25N3O2S/c1-24(13-21(26)23-17-11-12-17)14-22(27)25-18-9-5-6-10-20(18)28-15-19(25)16-7-3-2-4-8-16/h2-10,17,19H,11-15H2,1H3,(H,23,26)/p+1/t19-/m0/s1. The number of anilines is 1. The molecule has 1 saturated carbocycles. The molecule has 2 N–H and O–H groups in total. The number of nitrogens with zero attached hydrogens (tertiary/aromatic N) is 1. The van der Waals surface area contributed by atoms with E-state index in [0.29, 0.717) is 19.1 Å². The first-order valence-electron chi connectivity index (χ1n) is 9.81. The molecular weight excluding hydrogens is 370 g/mol. The average Bonchev–Trinajstić information content (AvgIpc) is 3.51. The number of nitrogens with one attached hydrogen (secondary N) is 2. The quantitative estimate of drug-likeness (QED) is 0.781. The molecule has 1 unspecified atom stereocenters. The molecule has 1 aliphatic heterocycles. The number of carbonyl (C=O) groups excluding carboxylic acids is 2. The van der Waals surface area contributed by atoms with Gasteiger partial charge in [0, 0.05) is 16.7 Å². The fraction of sp³-hybridized carbons (Fsp3) is 0.364. The van der Waals surface area contributed by atoms with Crippen LogP contribution in [-0.2, 0) is 9.59 Å². The highest BCUT2D eigenvalue weighted by Crippen LogP contribution is 2.42. The van der Waals surface area contributed by atoms with E-state index in [1.807, 2.05) is 48.3 Å². The van der Waals surface area contributed by atoms with Crippen molar-refractivity contribution in [3.63, 3.8) is 0 Å². The summed E-state index contributed by atoms with van der Waals surface area (Å²) in [5.74, 6) is 0.911. The Morgan fingerprint density at radius 2 is 1.79 bits per heavy atom. The van der Waals surface area contributed by atoms with Crippen LogP contribution in [0.1, 0.15) is 24.4 Å². The van der Waals surface area contributed by atoms with E-state index in [9.17, 15) is 9.59 Å². The first-order valence-corrected chi connectivity index (χ1v) is 10.8. The predicted octanol–water partition coefficient (Wildman–Crippen LogP) is 1.66. The van der Waals surface area contributed by atoms with Gasteiger partial charge in [-0.1, -0.05) is 42.5 Å². The highest BCUT2D eigenvalue weighted by atomic mass is 32.2. The van der Waals surface area contributed by atoms with E-state index < -0.39 is 0 Å². The van der Waals surface area contributed by atoms with Crippen LogP contribution in [0.25, 0.3) is 0 Å². The summed E-state index contributed by atoms with van der Waals surface area (Å²) < 4.78 is 0. The minimum atomic E-state index is 0.00157. The summed E-state index contributed by atoms with van der Waals surface area (Å²) in [6, 6.07) is 18.6. The number of hydrogen-bond donors (Lipinski definition) is 2. The molecule has 1 heterocycles. The number of benzene rings is 2. The number of rotatable bonds is 6. The van der Waals surface area contributed by atoms with Crippen LogP contribution in [0, 0.1) is 0 Å². The highest BCUT2D eigenvalue weighted by molar-refractivity contribution is 7.99. The number of quaternary nitrogens is 1. The molecule has 146 valence electrons. The molecule has 4 rings (SSSR count). The summed E-state index contributed by atoms with van der Waals surface area (Å²) in [6.07, 6.45) is 2.15. The topological polar surface area (TPSA) is 53.9 Å². The molecule has 1 fully saturated rings. The summed E-state index contributed by atoms with van der Waals surface area (Å²) >= 11 is 1.79. The van der Waals surface area contributed by atoms with Crippen molar-refractivity contribution in [1.82, 2.24) is 5.32 Å². The van der Waals surface area contributed by atoms with E-state index in [2.05, 4.69) is 23.5 Å². The Hall–Kier alpha value is -2.31. The largest absolute Gasteiger partial charge is 0.348 e. The number of hydrogen-bond acceptors (Lipinski definition) is 3. The van der Waals surface area contributed by atoms with Crippen molar-refractivity contribution in [2.24, 2.45) is 0 Å². The monoisotopic (exact) mass is 396 g/mol. The third kappa shape index (κ3) is 4.39. The van der Waals surface area contributed by atoms with Gasteiger partial charge in [-0.15, -0.1) is 11.8 Å². The fourth-order valence-electron chi connectivity index (χ4n) is 3.60. The lowest BCUT2D eigenvalue weighted by atomic mass is 10.1. The molecule has 6 heteroatoms. The van der Waals surface area contributed by atoms with E-state index in [4.69, 9.17) is 0 Å². The molecule has 28 heavy (non-hydrogen) atoms. The minimum Gasteiger partial charge on any atom is -0.348 e. The van der Waals surface area contributed by atoms with Gasteiger partial charge in [-0.3, -0.25) is 14.5 Å². The van der Waals surface area contributed by atoms with Gasteiger partial charge in [-0.2, -0.15) is 0 Å². The summed E-state index contributed by atoms with van der Waals surface area (Å²) in [6.45, 7) is 0.614. The number of thioether (sulfide) groups is 1. The Balaban J connectivity index is 1.52. The van der Waals surface area contributed by atoms with Crippen LogP contribution in [0.5, 0.6) is 0 Å². The van der Waals surface area contributed by atoms with E-state index in [-0.39, 0.29) is 17.9 Å². The van der Waals surface area contributed by atoms with Crippen LogP contribution >= 0.6 is 11.8 Å². The predicted molar refractivity (Wildman–Crippen MR) is 112 cm³/mol. The molecular formula is C22H26N3O2S+. The Kier molecular flexibility index (Phi) is 5.69. The summed E-state index contributed by atoms with van der Waals surface area (Å²) in [5, 5.41) is 3.00. The van der Waals surface area contributed by atoms with Gasteiger partial charge in [0.1, 0.15) is 0 Å². The smallest absolute Gasteiger partial charge is 0.282 e. The molecule has 2 aromatic rings. The number of amides is 2. The van der Waals surface area contributed by atoms with E-state index in [1.54, 1.807) is 11.8 Å². The van der Waals surface area contributed by atoms with Crippen LogP contribution in [-0.4, -0.2) is 43.7 Å². The number of likely N-dealkylation sites (N-methyl/N-ethyl adjacent to an activating group) is 1. The summed E-state index contributed by atoms with van der Waals surface area (Å²) in [4.78, 5) is 29.4. The maximum absolute atomic E-state index is 13.3. The molecule has 0 saturated heterocycles. The van der Waals surface area contributed by atoms with E-state index in [1.165, 1.54) is 0 Å². The molecule has 1 aliphatic carbocycles. The van der Waals surface area contributed by atoms with Gasteiger partial charge in [-0.05, 0) is 30.5 Å². The second kappa shape index (κ2) is 8.37. The van der Waals surface area contributed by atoms with E-state index >= 15 is 0 Å². The fourth-order valence-corrected chi connectivity index (χ4v) is 4.77. The lowest BCUT2D eigenvalue weighted by molar-refractivity contribution is -0.862. The van der Waals surface area contributed by atoms with Crippen molar-refractivity contribution in [3.8, 4) is 0 Å². The lowest BCUT2D eigenvalue weighted by Gasteiger charge is -2.37. The Bertz CT molecular complexity index is 854. The molecule has 2 aromatic carbocycles. The third-order valence-electron chi connectivity index (χ3n) is 5.14. The van der Waals surface area contributed by atoms with Gasteiger partial charge in [0.05, 0.1) is 18.8 Å². The molecule has 0 bridgehead atoms. The van der Waals surface area contributed by atoms with Crippen LogP contribution in [0.3, 0.4) is 0 Å². The van der Waals surface area contributed by atoms with Gasteiger partial charge >= 0.3 is 0 Å². The van der Waals surface area contributed by atoms with Crippen LogP contribution in [0.4, 0.5) is 5.69 Å². The first kappa shape index (κ1) is 19.0. The molecule has 2 amide bonds. The summed E-state index contributed by atoms with van der Waals surface area (Å²) in [7, 11) is 1.91. The Morgan fingerprint density at radius 1 is 1.07 bits per heavy atom. The zero-order valence-electron chi connectivity index (χ0n) is 16.1. The SMILES string of the molecule is C[NH+](CC(=O)NC1CC1)CC(=O)N1c2ccccc2SC[C@H]1c1ccccc1. The van der Waals surface area contributed by atoms with Crippen molar-refractivity contribution in [1.29, 1.82) is 0 Å². The second-order valence-electron chi connectivity index (χ2n) is 7.62. The molecule has 2 aliphatic rings. The molecule has 0 aromatic heterocycles. The van der Waals surface area contributed by atoms with Crippen molar-refractivity contribution in [3.05, 3.63) is 60.2 Å². The Labute approximate surface area is 170 Å². The number of para-hydroxylation sites is 1. The van der Waals surface area contributed by atoms with Crippen LogP contribution in [0.15, 0.2) is 59.5 Å². The maximum atomic E-state index is 13.3. The zero-order chi connectivity index (χ0) is 19.5. The van der Waals surface area contributed by atoms with E-state index in [0.717, 1.165) is 39.6 Å². The van der Waals surface area contributed by atoms with Gasteiger partial charge < -0.3 is 10.2 Å². The van der Waals surface area contributed by atoms with Crippen molar-refractivity contribution < 1.29 is 14.5 Å².